The Hall–Kier alpha value is -1.62. The lowest BCUT2D eigenvalue weighted by Gasteiger charge is -2.07. The molecule has 0 aliphatic heterocycles. The van der Waals surface area contributed by atoms with E-state index in [-0.39, 0.29) is 11.8 Å². The Bertz CT molecular complexity index is 562. The zero-order valence-electron chi connectivity index (χ0n) is 9.98. The molecule has 18 heavy (non-hydrogen) atoms. The molecule has 0 saturated heterocycles. The summed E-state index contributed by atoms with van der Waals surface area (Å²) in [5.41, 5.74) is 0. The molecule has 0 aromatic carbocycles. The van der Waals surface area contributed by atoms with Crippen LogP contribution in [0.15, 0.2) is 23.7 Å². The smallest absolute Gasteiger partial charge is 0.223 e. The highest BCUT2D eigenvalue weighted by Gasteiger charge is 2.28. The number of thiophene rings is 1. The van der Waals surface area contributed by atoms with Crippen molar-refractivity contribution < 1.29 is 4.79 Å². The summed E-state index contributed by atoms with van der Waals surface area (Å²) in [5, 5.41) is 9.41. The number of carbonyl (C=O) groups excluding carboxylic acids is 1. The van der Waals surface area contributed by atoms with Crippen LogP contribution in [0.3, 0.4) is 0 Å². The Kier molecular flexibility index (Phi) is 3.15. The number of amides is 1. The SMILES string of the molecule is O=C(NCCNc1nccc2sccc12)C1CC1. The van der Waals surface area contributed by atoms with E-state index in [9.17, 15) is 4.79 Å². The maximum Gasteiger partial charge on any atom is 0.223 e. The van der Waals surface area contributed by atoms with E-state index in [4.69, 9.17) is 0 Å². The van der Waals surface area contributed by atoms with Crippen molar-refractivity contribution in [2.24, 2.45) is 5.92 Å². The van der Waals surface area contributed by atoms with Gasteiger partial charge in [-0.15, -0.1) is 11.3 Å². The number of hydrogen-bond donors (Lipinski definition) is 2. The summed E-state index contributed by atoms with van der Waals surface area (Å²) in [6, 6.07) is 4.08. The predicted molar refractivity (Wildman–Crippen MR) is 73.8 cm³/mol. The second-order valence-electron chi connectivity index (χ2n) is 4.48. The molecule has 94 valence electrons. The molecule has 3 rings (SSSR count). The van der Waals surface area contributed by atoms with Crippen LogP contribution in [0.1, 0.15) is 12.8 Å². The molecule has 5 heteroatoms. The molecule has 2 aromatic heterocycles. The van der Waals surface area contributed by atoms with Crippen LogP contribution in [0.2, 0.25) is 0 Å². The summed E-state index contributed by atoms with van der Waals surface area (Å²) in [7, 11) is 0. The normalized spacial score (nSPS) is 14.7. The van der Waals surface area contributed by atoms with Crippen LogP contribution in [-0.2, 0) is 4.79 Å². The molecule has 2 N–H and O–H groups in total. The summed E-state index contributed by atoms with van der Waals surface area (Å²) in [6.45, 7) is 1.36. The Morgan fingerprint density at radius 3 is 3.11 bits per heavy atom. The first-order valence-corrected chi connectivity index (χ1v) is 7.06. The van der Waals surface area contributed by atoms with Gasteiger partial charge in [-0.25, -0.2) is 4.98 Å². The van der Waals surface area contributed by atoms with E-state index in [2.05, 4.69) is 27.1 Å². The molecule has 0 bridgehead atoms. The fraction of sp³-hybridized carbons (Fsp3) is 0.385. The predicted octanol–water partition coefficient (Wildman–Crippen LogP) is 2.23. The van der Waals surface area contributed by atoms with Crippen LogP contribution in [0.25, 0.3) is 10.1 Å². The highest BCUT2D eigenvalue weighted by molar-refractivity contribution is 7.17. The van der Waals surface area contributed by atoms with Crippen molar-refractivity contribution in [1.82, 2.24) is 10.3 Å². The van der Waals surface area contributed by atoms with Gasteiger partial charge in [0.05, 0.1) is 0 Å². The van der Waals surface area contributed by atoms with Gasteiger partial charge >= 0.3 is 0 Å². The Morgan fingerprint density at radius 2 is 2.28 bits per heavy atom. The highest BCUT2D eigenvalue weighted by Crippen LogP contribution is 2.28. The summed E-state index contributed by atoms with van der Waals surface area (Å²) >= 11 is 1.71. The number of hydrogen-bond acceptors (Lipinski definition) is 4. The number of nitrogens with one attached hydrogen (secondary N) is 2. The van der Waals surface area contributed by atoms with Gasteiger partial charge in [-0.05, 0) is 30.4 Å². The van der Waals surface area contributed by atoms with Gasteiger partial charge in [-0.1, -0.05) is 0 Å². The van der Waals surface area contributed by atoms with Gasteiger partial charge in [0.2, 0.25) is 5.91 Å². The van der Waals surface area contributed by atoms with Crippen LogP contribution >= 0.6 is 11.3 Å². The van der Waals surface area contributed by atoms with Gasteiger partial charge < -0.3 is 10.6 Å². The largest absolute Gasteiger partial charge is 0.368 e. The van der Waals surface area contributed by atoms with Crippen LogP contribution in [-0.4, -0.2) is 24.0 Å². The zero-order valence-corrected chi connectivity index (χ0v) is 10.8. The number of nitrogens with zero attached hydrogens (tertiary/aromatic N) is 1. The number of rotatable bonds is 5. The van der Waals surface area contributed by atoms with Crippen LogP contribution < -0.4 is 10.6 Å². The molecule has 0 spiro atoms. The third-order valence-corrected chi connectivity index (χ3v) is 3.93. The Labute approximate surface area is 109 Å². The number of fused-ring (bicyclic) bond motifs is 1. The molecular weight excluding hydrogens is 246 g/mol. The van der Waals surface area contributed by atoms with E-state index in [1.165, 1.54) is 4.70 Å². The van der Waals surface area contributed by atoms with Crippen molar-refractivity contribution >= 4 is 33.1 Å². The van der Waals surface area contributed by atoms with Crippen LogP contribution in [0, 0.1) is 5.92 Å². The summed E-state index contributed by atoms with van der Waals surface area (Å²) in [6.07, 6.45) is 3.91. The number of aromatic nitrogens is 1. The van der Waals surface area contributed by atoms with Crippen molar-refractivity contribution in [3.05, 3.63) is 23.7 Å². The van der Waals surface area contributed by atoms with Crippen LogP contribution in [0.4, 0.5) is 5.82 Å². The molecule has 1 fully saturated rings. The molecule has 1 aliphatic rings. The van der Waals surface area contributed by atoms with Crippen molar-refractivity contribution in [3.8, 4) is 0 Å². The zero-order chi connectivity index (χ0) is 12.4. The Balaban J connectivity index is 1.53. The molecule has 0 radical (unpaired) electrons. The van der Waals surface area contributed by atoms with Crippen molar-refractivity contribution in [2.75, 3.05) is 18.4 Å². The lowest BCUT2D eigenvalue weighted by Crippen LogP contribution is -2.29. The van der Waals surface area contributed by atoms with E-state index in [0.717, 1.165) is 24.0 Å². The quantitative estimate of drug-likeness (QED) is 0.812. The second-order valence-corrected chi connectivity index (χ2v) is 5.43. The standard InChI is InChI=1S/C13H15N3OS/c17-13(9-1-2-9)16-7-6-15-12-10-4-8-18-11(10)3-5-14-12/h3-5,8-9H,1-2,6-7H2,(H,14,15)(H,16,17). The maximum absolute atomic E-state index is 11.4. The maximum atomic E-state index is 11.4. The van der Waals surface area contributed by atoms with E-state index >= 15 is 0 Å². The summed E-state index contributed by atoms with van der Waals surface area (Å²) < 4.78 is 1.23. The molecule has 2 heterocycles. The number of pyridine rings is 1. The van der Waals surface area contributed by atoms with Gasteiger partial charge in [0.1, 0.15) is 5.82 Å². The first-order chi connectivity index (χ1) is 8.84. The highest BCUT2D eigenvalue weighted by atomic mass is 32.1. The molecule has 4 nitrogen and oxygen atoms in total. The number of anilines is 1. The number of carbonyl (C=O) groups is 1. The fourth-order valence-corrected chi connectivity index (χ4v) is 2.67. The average molecular weight is 261 g/mol. The summed E-state index contributed by atoms with van der Waals surface area (Å²) in [5.74, 6) is 1.37. The molecule has 0 atom stereocenters. The average Bonchev–Trinajstić information content (AvgIpc) is 3.12. The topological polar surface area (TPSA) is 54.0 Å². The Morgan fingerprint density at radius 1 is 1.39 bits per heavy atom. The molecule has 0 unspecified atom stereocenters. The van der Waals surface area contributed by atoms with Crippen molar-refractivity contribution in [2.45, 2.75) is 12.8 Å². The van der Waals surface area contributed by atoms with E-state index in [1.54, 1.807) is 11.3 Å². The molecule has 1 saturated carbocycles. The fourth-order valence-electron chi connectivity index (χ4n) is 1.89. The first kappa shape index (κ1) is 11.5. The molecule has 2 aromatic rings. The third kappa shape index (κ3) is 2.46. The van der Waals surface area contributed by atoms with Gasteiger partial charge in [0, 0.05) is 35.3 Å². The second kappa shape index (κ2) is 4.94. The third-order valence-electron chi connectivity index (χ3n) is 3.04. The van der Waals surface area contributed by atoms with Crippen molar-refractivity contribution in [3.63, 3.8) is 0 Å². The monoisotopic (exact) mass is 261 g/mol. The molecular formula is C13H15N3OS. The summed E-state index contributed by atoms with van der Waals surface area (Å²) in [4.78, 5) is 15.8. The van der Waals surface area contributed by atoms with E-state index in [1.807, 2.05) is 12.3 Å². The van der Waals surface area contributed by atoms with Crippen LogP contribution in [0.5, 0.6) is 0 Å². The molecule has 1 amide bonds. The minimum Gasteiger partial charge on any atom is -0.368 e. The van der Waals surface area contributed by atoms with Crippen molar-refractivity contribution in [1.29, 1.82) is 0 Å². The minimum absolute atomic E-state index is 0.193. The first-order valence-electron chi connectivity index (χ1n) is 6.18. The van der Waals surface area contributed by atoms with Gasteiger partial charge in [-0.3, -0.25) is 4.79 Å². The minimum atomic E-state index is 0.193. The van der Waals surface area contributed by atoms with E-state index < -0.39 is 0 Å². The molecule has 1 aliphatic carbocycles. The lowest BCUT2D eigenvalue weighted by atomic mass is 10.3. The lowest BCUT2D eigenvalue weighted by molar-refractivity contribution is -0.122. The van der Waals surface area contributed by atoms with Gasteiger partial charge in [0.15, 0.2) is 0 Å². The van der Waals surface area contributed by atoms with Gasteiger partial charge in [-0.2, -0.15) is 0 Å². The van der Waals surface area contributed by atoms with E-state index in [0.29, 0.717) is 13.1 Å². The van der Waals surface area contributed by atoms with Gasteiger partial charge in [0.25, 0.3) is 0 Å².